The largest absolute Gasteiger partial charge is 0.480 e. The number of nitrogens with one attached hydrogen (secondary N) is 1. The highest BCUT2D eigenvalue weighted by Crippen LogP contribution is 1.93. The highest BCUT2D eigenvalue weighted by atomic mass is 16.5. The zero-order valence-electron chi connectivity index (χ0n) is 10.6. The zero-order chi connectivity index (χ0) is 14.0. The third kappa shape index (κ3) is 6.38. The molecule has 2 amide bonds. The van der Waals surface area contributed by atoms with E-state index >= 15 is 0 Å². The Morgan fingerprint density at radius 2 is 1.72 bits per heavy atom. The maximum atomic E-state index is 11.8. The molecule has 0 heterocycles. The second-order valence-corrected chi connectivity index (χ2v) is 3.50. The molecule has 18 heavy (non-hydrogen) atoms. The minimum Gasteiger partial charge on any atom is -0.480 e. The first-order valence-corrected chi connectivity index (χ1v) is 5.43. The Morgan fingerprint density at radius 3 is 2.06 bits per heavy atom. The van der Waals surface area contributed by atoms with Crippen molar-refractivity contribution >= 4 is 12.0 Å². The number of rotatable bonds is 9. The molecule has 0 saturated carbocycles. The molecular weight excluding hydrogens is 244 g/mol. The van der Waals surface area contributed by atoms with Crippen molar-refractivity contribution in [1.82, 2.24) is 10.2 Å². The van der Waals surface area contributed by atoms with E-state index in [1.165, 1.54) is 19.1 Å². The molecule has 0 aromatic heterocycles. The van der Waals surface area contributed by atoms with Crippen molar-refractivity contribution < 1.29 is 29.3 Å². The van der Waals surface area contributed by atoms with Gasteiger partial charge in [-0.15, -0.1) is 0 Å². The van der Waals surface area contributed by atoms with Crippen LogP contribution in [0, 0.1) is 0 Å². The first kappa shape index (κ1) is 16.6. The van der Waals surface area contributed by atoms with Gasteiger partial charge in [0.05, 0.1) is 19.8 Å². The van der Waals surface area contributed by atoms with Gasteiger partial charge in [-0.05, 0) is 0 Å². The lowest BCUT2D eigenvalue weighted by Gasteiger charge is -2.24. The fourth-order valence-electron chi connectivity index (χ4n) is 1.14. The molecule has 0 spiro atoms. The number of methoxy groups -OCH3 is 2. The van der Waals surface area contributed by atoms with Crippen molar-refractivity contribution in [2.45, 2.75) is 6.04 Å². The number of carbonyl (C=O) groups is 2. The lowest BCUT2D eigenvalue weighted by Crippen LogP contribution is -2.51. The van der Waals surface area contributed by atoms with E-state index in [0.29, 0.717) is 26.3 Å². The molecule has 0 rings (SSSR count). The van der Waals surface area contributed by atoms with Crippen molar-refractivity contribution in [2.24, 2.45) is 0 Å². The third-order valence-corrected chi connectivity index (χ3v) is 2.20. The Hall–Kier alpha value is -1.38. The van der Waals surface area contributed by atoms with Crippen molar-refractivity contribution in [3.8, 4) is 0 Å². The number of ether oxygens (including phenoxy) is 2. The van der Waals surface area contributed by atoms with E-state index in [9.17, 15) is 9.59 Å². The Bertz CT molecular complexity index is 253. The summed E-state index contributed by atoms with van der Waals surface area (Å²) in [5.41, 5.74) is 0. The Labute approximate surface area is 105 Å². The Kier molecular flexibility index (Phi) is 8.89. The number of aliphatic carboxylic acids is 1. The average molecular weight is 264 g/mol. The summed E-state index contributed by atoms with van der Waals surface area (Å²) < 4.78 is 9.71. The monoisotopic (exact) mass is 264 g/mol. The van der Waals surface area contributed by atoms with Crippen LogP contribution < -0.4 is 5.32 Å². The first-order valence-electron chi connectivity index (χ1n) is 5.43. The SMILES string of the molecule is COCCN(CCOC)C(=O)N[C@H](CO)C(=O)O. The first-order chi connectivity index (χ1) is 8.56. The minimum atomic E-state index is -1.31. The molecule has 0 aliphatic heterocycles. The van der Waals surface area contributed by atoms with E-state index in [2.05, 4.69) is 5.32 Å². The quantitative estimate of drug-likeness (QED) is 0.479. The van der Waals surface area contributed by atoms with Gasteiger partial charge in [-0.25, -0.2) is 9.59 Å². The molecule has 1 atom stereocenters. The molecular formula is C10H20N2O6. The van der Waals surface area contributed by atoms with E-state index in [0.717, 1.165) is 0 Å². The van der Waals surface area contributed by atoms with Crippen molar-refractivity contribution in [1.29, 1.82) is 0 Å². The van der Waals surface area contributed by atoms with Crippen LogP contribution in [0.3, 0.4) is 0 Å². The third-order valence-electron chi connectivity index (χ3n) is 2.20. The smallest absolute Gasteiger partial charge is 0.328 e. The fraction of sp³-hybridized carbons (Fsp3) is 0.800. The lowest BCUT2D eigenvalue weighted by molar-refractivity contribution is -0.140. The molecule has 0 aromatic carbocycles. The summed E-state index contributed by atoms with van der Waals surface area (Å²) in [6.45, 7) is 0.610. The van der Waals surface area contributed by atoms with Crippen LogP contribution in [0.5, 0.6) is 0 Å². The fourth-order valence-corrected chi connectivity index (χ4v) is 1.14. The van der Waals surface area contributed by atoms with Crippen LogP contribution in [0.4, 0.5) is 4.79 Å². The number of hydrogen-bond acceptors (Lipinski definition) is 5. The average Bonchev–Trinajstić information content (AvgIpc) is 2.35. The van der Waals surface area contributed by atoms with Crippen LogP contribution in [0.1, 0.15) is 0 Å². The molecule has 8 nitrogen and oxygen atoms in total. The molecule has 106 valence electrons. The number of amides is 2. The van der Waals surface area contributed by atoms with Gasteiger partial charge in [0.15, 0.2) is 6.04 Å². The van der Waals surface area contributed by atoms with Gasteiger partial charge in [0.1, 0.15) is 0 Å². The standard InChI is InChI=1S/C10H20N2O6/c1-17-5-3-12(4-6-18-2)10(16)11-8(7-13)9(14)15/h8,13H,3-7H2,1-2H3,(H,11,16)(H,14,15)/t8-/m1/s1. The summed E-state index contributed by atoms with van der Waals surface area (Å²) in [5, 5.41) is 19.7. The molecule has 0 radical (unpaired) electrons. The van der Waals surface area contributed by atoms with Crippen molar-refractivity contribution in [3.05, 3.63) is 0 Å². The summed E-state index contributed by atoms with van der Waals surface area (Å²) in [7, 11) is 3.00. The second-order valence-electron chi connectivity index (χ2n) is 3.50. The predicted molar refractivity (Wildman–Crippen MR) is 62.4 cm³/mol. The van der Waals surface area contributed by atoms with Gasteiger partial charge in [0, 0.05) is 27.3 Å². The molecule has 0 saturated heterocycles. The van der Waals surface area contributed by atoms with E-state index < -0.39 is 24.6 Å². The van der Waals surface area contributed by atoms with Crippen molar-refractivity contribution in [3.63, 3.8) is 0 Å². The summed E-state index contributed by atoms with van der Waals surface area (Å²) in [4.78, 5) is 23.8. The predicted octanol–water partition coefficient (Wildman–Crippen LogP) is -1.26. The molecule has 0 unspecified atom stereocenters. The number of carboxylic acid groups (broad SMARTS) is 1. The summed E-state index contributed by atoms with van der Waals surface area (Å²) in [6.07, 6.45) is 0. The molecule has 0 aliphatic rings. The topological polar surface area (TPSA) is 108 Å². The van der Waals surface area contributed by atoms with Gasteiger partial charge >= 0.3 is 12.0 Å². The Balaban J connectivity index is 4.37. The molecule has 0 aliphatic carbocycles. The number of aliphatic hydroxyl groups excluding tert-OH is 1. The van der Waals surface area contributed by atoms with Crippen LogP contribution in [0.25, 0.3) is 0 Å². The molecule has 8 heteroatoms. The number of nitrogens with zero attached hydrogens (tertiary/aromatic N) is 1. The van der Waals surface area contributed by atoms with Gasteiger partial charge < -0.3 is 29.9 Å². The number of carboxylic acids is 1. The number of carbonyl (C=O) groups excluding carboxylic acids is 1. The number of urea groups is 1. The molecule has 3 N–H and O–H groups in total. The highest BCUT2D eigenvalue weighted by molar-refractivity contribution is 5.82. The van der Waals surface area contributed by atoms with Crippen LogP contribution >= 0.6 is 0 Å². The van der Waals surface area contributed by atoms with Crippen molar-refractivity contribution in [2.75, 3.05) is 47.1 Å². The van der Waals surface area contributed by atoms with Crippen LogP contribution in [0.2, 0.25) is 0 Å². The second kappa shape index (κ2) is 9.63. The van der Waals surface area contributed by atoms with Gasteiger partial charge in [-0.1, -0.05) is 0 Å². The molecule has 0 aromatic rings. The summed E-state index contributed by atoms with van der Waals surface area (Å²) in [6, 6.07) is -1.89. The number of aliphatic hydroxyl groups is 1. The summed E-state index contributed by atoms with van der Waals surface area (Å²) in [5.74, 6) is -1.29. The Morgan fingerprint density at radius 1 is 1.22 bits per heavy atom. The van der Waals surface area contributed by atoms with Gasteiger partial charge in [-0.3, -0.25) is 0 Å². The van der Waals surface area contributed by atoms with Gasteiger partial charge in [0.2, 0.25) is 0 Å². The van der Waals surface area contributed by atoms with E-state index in [-0.39, 0.29) is 0 Å². The van der Waals surface area contributed by atoms with Crippen LogP contribution in [0.15, 0.2) is 0 Å². The lowest BCUT2D eigenvalue weighted by atomic mass is 10.3. The number of hydrogen-bond donors (Lipinski definition) is 3. The normalized spacial score (nSPS) is 11.9. The minimum absolute atomic E-state index is 0.309. The molecule has 0 bridgehead atoms. The highest BCUT2D eigenvalue weighted by Gasteiger charge is 2.22. The summed E-state index contributed by atoms with van der Waals surface area (Å²) >= 11 is 0. The van der Waals surface area contributed by atoms with Crippen LogP contribution in [-0.4, -0.2) is 80.3 Å². The maximum absolute atomic E-state index is 11.8. The van der Waals surface area contributed by atoms with Gasteiger partial charge in [0.25, 0.3) is 0 Å². The maximum Gasteiger partial charge on any atom is 0.328 e. The molecule has 0 fully saturated rings. The van der Waals surface area contributed by atoms with E-state index in [1.54, 1.807) is 0 Å². The zero-order valence-corrected chi connectivity index (χ0v) is 10.6. The van der Waals surface area contributed by atoms with Crippen LogP contribution in [-0.2, 0) is 14.3 Å². The van der Waals surface area contributed by atoms with E-state index in [4.69, 9.17) is 19.7 Å². The van der Waals surface area contributed by atoms with Gasteiger partial charge in [-0.2, -0.15) is 0 Å². The van der Waals surface area contributed by atoms with E-state index in [1.807, 2.05) is 0 Å².